The zero-order chi connectivity index (χ0) is 16.3. The van der Waals surface area contributed by atoms with Crippen LogP contribution >= 0.6 is 0 Å². The van der Waals surface area contributed by atoms with Crippen molar-refractivity contribution in [3.8, 4) is 5.75 Å². The maximum atomic E-state index is 12.3. The highest BCUT2D eigenvalue weighted by atomic mass is 32.2. The Bertz CT molecular complexity index is 795. The van der Waals surface area contributed by atoms with E-state index in [1.54, 1.807) is 31.2 Å². The van der Waals surface area contributed by atoms with Gasteiger partial charge in [0.2, 0.25) is 5.91 Å². The number of hydrogen-bond acceptors (Lipinski definition) is 4. The SMILES string of the molecule is CC(=O)Nc1ccc(OS(=O)(=O)c2cc(C)ccc2C)cc1. The highest BCUT2D eigenvalue weighted by Gasteiger charge is 2.19. The molecule has 1 N–H and O–H groups in total. The predicted molar refractivity (Wildman–Crippen MR) is 84.5 cm³/mol. The normalized spacial score (nSPS) is 11.0. The predicted octanol–water partition coefficient (Wildman–Crippen LogP) is 3.03. The standard InChI is InChI=1S/C16H17NO4S/c1-11-4-5-12(2)16(10-11)22(19,20)21-15-8-6-14(7-9-15)17-13(3)18/h4-10H,1-3H3,(H,17,18). The average Bonchev–Trinajstić information content (AvgIpc) is 2.43. The fourth-order valence-corrected chi connectivity index (χ4v) is 3.19. The highest BCUT2D eigenvalue weighted by molar-refractivity contribution is 7.87. The van der Waals surface area contributed by atoms with E-state index < -0.39 is 10.1 Å². The summed E-state index contributed by atoms with van der Waals surface area (Å²) in [5.74, 6) is -0.00770. The molecular formula is C16H17NO4S. The number of benzene rings is 2. The van der Waals surface area contributed by atoms with Crippen molar-refractivity contribution in [2.75, 3.05) is 5.32 Å². The Labute approximate surface area is 130 Å². The van der Waals surface area contributed by atoms with Crippen LogP contribution in [0.4, 0.5) is 5.69 Å². The largest absolute Gasteiger partial charge is 0.379 e. The Morgan fingerprint density at radius 1 is 1.05 bits per heavy atom. The molecule has 0 atom stereocenters. The maximum absolute atomic E-state index is 12.3. The van der Waals surface area contributed by atoms with E-state index >= 15 is 0 Å². The quantitative estimate of drug-likeness (QED) is 0.879. The van der Waals surface area contributed by atoms with E-state index in [4.69, 9.17) is 4.18 Å². The molecule has 2 aromatic rings. The van der Waals surface area contributed by atoms with Gasteiger partial charge in [-0.25, -0.2) is 0 Å². The van der Waals surface area contributed by atoms with Crippen molar-refractivity contribution in [3.05, 3.63) is 53.6 Å². The summed E-state index contributed by atoms with van der Waals surface area (Å²) in [6, 6.07) is 11.3. The van der Waals surface area contributed by atoms with Crippen LogP contribution in [0, 0.1) is 13.8 Å². The van der Waals surface area contributed by atoms with Gasteiger partial charge < -0.3 is 9.50 Å². The lowest BCUT2D eigenvalue weighted by Crippen LogP contribution is -2.11. The van der Waals surface area contributed by atoms with Gasteiger partial charge in [0.1, 0.15) is 10.6 Å². The van der Waals surface area contributed by atoms with Crippen LogP contribution in [0.1, 0.15) is 18.1 Å². The van der Waals surface area contributed by atoms with E-state index in [-0.39, 0.29) is 16.6 Å². The minimum Gasteiger partial charge on any atom is -0.379 e. The van der Waals surface area contributed by atoms with Gasteiger partial charge in [-0.15, -0.1) is 0 Å². The van der Waals surface area contributed by atoms with E-state index in [2.05, 4.69) is 5.32 Å². The summed E-state index contributed by atoms with van der Waals surface area (Å²) in [6.45, 7) is 4.94. The fraction of sp³-hybridized carbons (Fsp3) is 0.188. The van der Waals surface area contributed by atoms with Crippen molar-refractivity contribution in [1.29, 1.82) is 0 Å². The molecule has 0 saturated heterocycles. The molecule has 0 unspecified atom stereocenters. The van der Waals surface area contributed by atoms with Crippen molar-refractivity contribution < 1.29 is 17.4 Å². The molecule has 0 aromatic heterocycles. The maximum Gasteiger partial charge on any atom is 0.339 e. The van der Waals surface area contributed by atoms with Crippen molar-refractivity contribution in [2.24, 2.45) is 0 Å². The van der Waals surface area contributed by atoms with Crippen LogP contribution in [0.5, 0.6) is 5.75 Å². The molecule has 0 aliphatic heterocycles. The molecule has 0 aliphatic carbocycles. The van der Waals surface area contributed by atoms with Crippen LogP contribution < -0.4 is 9.50 Å². The minimum atomic E-state index is -3.89. The van der Waals surface area contributed by atoms with Gasteiger partial charge in [-0.1, -0.05) is 12.1 Å². The first kappa shape index (κ1) is 16.0. The topological polar surface area (TPSA) is 72.5 Å². The van der Waals surface area contributed by atoms with Gasteiger partial charge in [0.05, 0.1) is 0 Å². The average molecular weight is 319 g/mol. The van der Waals surface area contributed by atoms with Crippen LogP contribution in [-0.2, 0) is 14.9 Å². The van der Waals surface area contributed by atoms with Gasteiger partial charge in [0, 0.05) is 12.6 Å². The fourth-order valence-electron chi connectivity index (χ4n) is 1.95. The molecule has 0 aliphatic rings. The third-order valence-electron chi connectivity index (χ3n) is 2.99. The molecule has 0 spiro atoms. The second-order valence-electron chi connectivity index (χ2n) is 5.01. The second kappa shape index (κ2) is 6.19. The molecule has 22 heavy (non-hydrogen) atoms. The van der Waals surface area contributed by atoms with E-state index in [1.807, 2.05) is 13.0 Å². The van der Waals surface area contributed by atoms with E-state index in [9.17, 15) is 13.2 Å². The highest BCUT2D eigenvalue weighted by Crippen LogP contribution is 2.23. The lowest BCUT2D eigenvalue weighted by molar-refractivity contribution is -0.114. The third-order valence-corrected chi connectivity index (χ3v) is 4.38. The van der Waals surface area contributed by atoms with Crippen LogP contribution in [0.15, 0.2) is 47.4 Å². The Balaban J connectivity index is 2.25. The first-order chi connectivity index (χ1) is 10.3. The Hall–Kier alpha value is -2.34. The molecule has 0 radical (unpaired) electrons. The van der Waals surface area contributed by atoms with Crippen molar-refractivity contribution >= 4 is 21.7 Å². The smallest absolute Gasteiger partial charge is 0.339 e. The Kier molecular flexibility index (Phi) is 4.51. The lowest BCUT2D eigenvalue weighted by Gasteiger charge is -2.10. The van der Waals surface area contributed by atoms with Crippen molar-refractivity contribution in [1.82, 2.24) is 0 Å². The summed E-state index contributed by atoms with van der Waals surface area (Å²) in [6.07, 6.45) is 0. The van der Waals surface area contributed by atoms with E-state index in [0.29, 0.717) is 11.3 Å². The molecule has 0 fully saturated rings. The lowest BCUT2D eigenvalue weighted by atomic mass is 10.2. The van der Waals surface area contributed by atoms with Gasteiger partial charge in [-0.2, -0.15) is 8.42 Å². The number of amides is 1. The van der Waals surface area contributed by atoms with Gasteiger partial charge >= 0.3 is 10.1 Å². The van der Waals surface area contributed by atoms with Crippen LogP contribution in [0.3, 0.4) is 0 Å². The molecule has 116 valence electrons. The molecule has 0 saturated carbocycles. The summed E-state index contributed by atoms with van der Waals surface area (Å²) in [5.41, 5.74) is 2.04. The van der Waals surface area contributed by atoms with Crippen LogP contribution in [0.2, 0.25) is 0 Å². The molecule has 0 bridgehead atoms. The first-order valence-electron chi connectivity index (χ1n) is 6.67. The third kappa shape index (κ3) is 3.85. The number of aryl methyl sites for hydroxylation is 2. The Morgan fingerprint density at radius 2 is 1.68 bits per heavy atom. The van der Waals surface area contributed by atoms with Gasteiger partial charge in [-0.05, 0) is 55.3 Å². The number of hydrogen-bond donors (Lipinski definition) is 1. The molecular weight excluding hydrogens is 302 g/mol. The zero-order valence-corrected chi connectivity index (χ0v) is 13.4. The number of carbonyl (C=O) groups excluding carboxylic acids is 1. The Morgan fingerprint density at radius 3 is 2.27 bits per heavy atom. The zero-order valence-electron chi connectivity index (χ0n) is 12.6. The summed E-state index contributed by atoms with van der Waals surface area (Å²) in [7, 11) is -3.89. The number of anilines is 1. The molecule has 5 nitrogen and oxygen atoms in total. The first-order valence-corrected chi connectivity index (χ1v) is 8.08. The van der Waals surface area contributed by atoms with E-state index in [0.717, 1.165) is 5.56 Å². The van der Waals surface area contributed by atoms with Crippen molar-refractivity contribution in [3.63, 3.8) is 0 Å². The van der Waals surface area contributed by atoms with Gasteiger partial charge in [-0.3, -0.25) is 4.79 Å². The minimum absolute atomic E-state index is 0.151. The summed E-state index contributed by atoms with van der Waals surface area (Å²) < 4.78 is 29.8. The van der Waals surface area contributed by atoms with Gasteiger partial charge in [0.15, 0.2) is 0 Å². The van der Waals surface area contributed by atoms with Crippen LogP contribution in [0.25, 0.3) is 0 Å². The molecule has 1 amide bonds. The molecule has 2 aromatic carbocycles. The summed E-state index contributed by atoms with van der Waals surface area (Å²) >= 11 is 0. The summed E-state index contributed by atoms with van der Waals surface area (Å²) in [5, 5.41) is 2.60. The molecule has 0 heterocycles. The molecule has 6 heteroatoms. The van der Waals surface area contributed by atoms with Gasteiger partial charge in [0.25, 0.3) is 0 Å². The van der Waals surface area contributed by atoms with Crippen molar-refractivity contribution in [2.45, 2.75) is 25.7 Å². The number of nitrogens with one attached hydrogen (secondary N) is 1. The number of carbonyl (C=O) groups is 1. The van der Waals surface area contributed by atoms with E-state index in [1.165, 1.54) is 19.1 Å². The summed E-state index contributed by atoms with van der Waals surface area (Å²) in [4.78, 5) is 11.1. The number of rotatable bonds is 4. The van der Waals surface area contributed by atoms with Crippen LogP contribution in [-0.4, -0.2) is 14.3 Å². The molecule has 2 rings (SSSR count). The monoisotopic (exact) mass is 319 g/mol. The second-order valence-corrected chi connectivity index (χ2v) is 6.53.